The topological polar surface area (TPSA) is 87.7 Å². The van der Waals surface area contributed by atoms with Crippen LogP contribution in [0.25, 0.3) is 0 Å². The van der Waals surface area contributed by atoms with Crippen molar-refractivity contribution in [1.82, 2.24) is 20.4 Å². The maximum atomic E-state index is 11.8. The van der Waals surface area contributed by atoms with Gasteiger partial charge in [0.25, 0.3) is 0 Å². The number of amides is 1. The molecule has 1 aliphatic rings. The summed E-state index contributed by atoms with van der Waals surface area (Å²) in [6, 6.07) is 4.15. The van der Waals surface area contributed by atoms with Crippen molar-refractivity contribution in [2.24, 2.45) is 4.99 Å². The van der Waals surface area contributed by atoms with Crippen molar-refractivity contribution in [2.75, 3.05) is 61.1 Å². The average molecular weight is 436 g/mol. The van der Waals surface area contributed by atoms with Crippen molar-refractivity contribution < 1.29 is 19.0 Å². The van der Waals surface area contributed by atoms with E-state index in [-0.39, 0.29) is 11.9 Å². The number of ether oxygens (including phenoxy) is 3. The maximum Gasteiger partial charge on any atom is 0.221 e. The standard InChI is InChI=1S/C22H37N5O4/c1-16(2)25-20(28)7-8-24-22(23-3)27-11-9-26(10-12-27)15-17-13-18(29-4)21(31-6)19(14-17)30-5/h13-14,16H,7-12,15H2,1-6H3,(H,23,24)(H,25,28). The molecule has 9 nitrogen and oxygen atoms in total. The van der Waals surface area contributed by atoms with Crippen LogP contribution >= 0.6 is 0 Å². The number of nitrogens with one attached hydrogen (secondary N) is 2. The van der Waals surface area contributed by atoms with Crippen LogP contribution in [0.5, 0.6) is 17.2 Å². The van der Waals surface area contributed by atoms with Gasteiger partial charge in [-0.1, -0.05) is 0 Å². The quantitative estimate of drug-likeness (QED) is 0.447. The molecule has 2 N–H and O–H groups in total. The number of guanidine groups is 1. The zero-order valence-corrected chi connectivity index (χ0v) is 19.7. The molecule has 0 aromatic heterocycles. The molecule has 174 valence electrons. The van der Waals surface area contributed by atoms with E-state index in [9.17, 15) is 4.79 Å². The van der Waals surface area contributed by atoms with Crippen LogP contribution in [0.3, 0.4) is 0 Å². The van der Waals surface area contributed by atoms with Crippen molar-refractivity contribution in [3.05, 3.63) is 17.7 Å². The highest BCUT2D eigenvalue weighted by Crippen LogP contribution is 2.38. The second-order valence-corrected chi connectivity index (χ2v) is 7.74. The Morgan fingerprint density at radius 2 is 1.68 bits per heavy atom. The summed E-state index contributed by atoms with van der Waals surface area (Å²) in [5, 5.41) is 6.20. The van der Waals surface area contributed by atoms with Gasteiger partial charge in [0.15, 0.2) is 17.5 Å². The molecule has 0 aliphatic carbocycles. The van der Waals surface area contributed by atoms with Gasteiger partial charge in [-0.3, -0.25) is 14.7 Å². The fourth-order valence-corrected chi connectivity index (χ4v) is 3.62. The van der Waals surface area contributed by atoms with Crippen LogP contribution in [0.2, 0.25) is 0 Å². The third-order valence-electron chi connectivity index (χ3n) is 5.10. The molecule has 0 bridgehead atoms. The fourth-order valence-electron chi connectivity index (χ4n) is 3.62. The van der Waals surface area contributed by atoms with Crippen LogP contribution in [0.15, 0.2) is 17.1 Å². The van der Waals surface area contributed by atoms with Crippen molar-refractivity contribution in [3.63, 3.8) is 0 Å². The lowest BCUT2D eigenvalue weighted by molar-refractivity contribution is -0.121. The van der Waals surface area contributed by atoms with Crippen LogP contribution < -0.4 is 24.8 Å². The van der Waals surface area contributed by atoms with Gasteiger partial charge in [0, 0.05) is 58.8 Å². The molecule has 1 heterocycles. The largest absolute Gasteiger partial charge is 0.493 e. The van der Waals surface area contributed by atoms with Crippen molar-refractivity contribution in [1.29, 1.82) is 0 Å². The highest BCUT2D eigenvalue weighted by molar-refractivity contribution is 5.81. The van der Waals surface area contributed by atoms with Gasteiger partial charge in [-0.05, 0) is 31.5 Å². The lowest BCUT2D eigenvalue weighted by Gasteiger charge is -2.36. The smallest absolute Gasteiger partial charge is 0.221 e. The van der Waals surface area contributed by atoms with Gasteiger partial charge in [0.2, 0.25) is 11.7 Å². The van der Waals surface area contributed by atoms with Gasteiger partial charge in [0.05, 0.1) is 21.3 Å². The second-order valence-electron chi connectivity index (χ2n) is 7.74. The lowest BCUT2D eigenvalue weighted by atomic mass is 10.1. The summed E-state index contributed by atoms with van der Waals surface area (Å²) >= 11 is 0. The van der Waals surface area contributed by atoms with Gasteiger partial charge in [-0.25, -0.2) is 0 Å². The molecule has 9 heteroatoms. The number of carbonyl (C=O) groups excluding carboxylic acids is 1. The van der Waals surface area contributed by atoms with E-state index in [1.165, 1.54) is 0 Å². The number of hydrogen-bond acceptors (Lipinski definition) is 6. The Labute approximate surface area is 185 Å². The first-order valence-corrected chi connectivity index (χ1v) is 10.7. The van der Waals surface area contributed by atoms with Crippen molar-refractivity contribution in [2.45, 2.75) is 32.9 Å². The molecule has 2 rings (SSSR count). The Hall–Kier alpha value is -2.68. The first-order valence-electron chi connectivity index (χ1n) is 10.7. The van der Waals surface area contributed by atoms with E-state index in [0.29, 0.717) is 30.2 Å². The van der Waals surface area contributed by atoms with E-state index in [4.69, 9.17) is 14.2 Å². The number of rotatable bonds is 9. The van der Waals surface area contributed by atoms with E-state index in [1.54, 1.807) is 28.4 Å². The Morgan fingerprint density at radius 1 is 1.06 bits per heavy atom. The summed E-state index contributed by atoms with van der Waals surface area (Å²) < 4.78 is 16.3. The fraction of sp³-hybridized carbons (Fsp3) is 0.636. The van der Waals surface area contributed by atoms with E-state index < -0.39 is 0 Å². The van der Waals surface area contributed by atoms with Gasteiger partial charge < -0.3 is 29.7 Å². The zero-order valence-electron chi connectivity index (χ0n) is 19.7. The van der Waals surface area contributed by atoms with Crippen LogP contribution in [0.4, 0.5) is 0 Å². The molecule has 1 amide bonds. The number of hydrogen-bond donors (Lipinski definition) is 2. The Morgan fingerprint density at radius 3 is 2.16 bits per heavy atom. The second kappa shape index (κ2) is 12.2. The van der Waals surface area contributed by atoms with E-state index in [2.05, 4.69) is 25.4 Å². The Kier molecular flexibility index (Phi) is 9.71. The number of piperazine rings is 1. The van der Waals surface area contributed by atoms with E-state index >= 15 is 0 Å². The number of benzene rings is 1. The minimum atomic E-state index is 0.0492. The molecule has 1 saturated heterocycles. The summed E-state index contributed by atoms with van der Waals surface area (Å²) in [7, 11) is 6.64. The molecule has 0 unspecified atom stereocenters. The van der Waals surface area contributed by atoms with Gasteiger partial charge in [-0.15, -0.1) is 0 Å². The third kappa shape index (κ3) is 7.20. The molecular weight excluding hydrogens is 398 g/mol. The van der Waals surface area contributed by atoms with Gasteiger partial charge in [0.1, 0.15) is 0 Å². The Bertz CT molecular complexity index is 720. The number of nitrogens with zero attached hydrogens (tertiary/aromatic N) is 3. The van der Waals surface area contributed by atoms with E-state index in [0.717, 1.165) is 44.2 Å². The normalized spacial score (nSPS) is 15.1. The third-order valence-corrected chi connectivity index (χ3v) is 5.10. The number of methoxy groups -OCH3 is 3. The van der Waals surface area contributed by atoms with E-state index in [1.807, 2.05) is 26.0 Å². The Balaban J connectivity index is 1.87. The van der Waals surface area contributed by atoms with Crippen LogP contribution in [0.1, 0.15) is 25.8 Å². The maximum absolute atomic E-state index is 11.8. The van der Waals surface area contributed by atoms with Crippen molar-refractivity contribution in [3.8, 4) is 17.2 Å². The number of aliphatic imine (C=N–C) groups is 1. The molecular formula is C22H37N5O4. The molecule has 1 aliphatic heterocycles. The predicted molar refractivity (Wildman–Crippen MR) is 122 cm³/mol. The SMILES string of the molecule is CN=C(NCCC(=O)NC(C)C)N1CCN(Cc2cc(OC)c(OC)c(OC)c2)CC1. The zero-order chi connectivity index (χ0) is 22.8. The van der Waals surface area contributed by atoms with Crippen LogP contribution in [-0.2, 0) is 11.3 Å². The molecule has 1 fully saturated rings. The molecule has 0 atom stereocenters. The molecule has 0 spiro atoms. The first-order chi connectivity index (χ1) is 14.9. The highest BCUT2D eigenvalue weighted by atomic mass is 16.5. The predicted octanol–water partition coefficient (Wildman–Crippen LogP) is 1.32. The average Bonchev–Trinajstić information content (AvgIpc) is 2.76. The summed E-state index contributed by atoms with van der Waals surface area (Å²) in [6.07, 6.45) is 0.429. The van der Waals surface area contributed by atoms with Crippen LogP contribution in [-0.4, -0.2) is 88.8 Å². The highest BCUT2D eigenvalue weighted by Gasteiger charge is 2.21. The first kappa shape index (κ1) is 24.6. The summed E-state index contributed by atoms with van der Waals surface area (Å²) in [6.45, 7) is 8.83. The molecule has 31 heavy (non-hydrogen) atoms. The lowest BCUT2D eigenvalue weighted by Crippen LogP contribution is -2.52. The van der Waals surface area contributed by atoms with Gasteiger partial charge >= 0.3 is 0 Å². The molecule has 1 aromatic rings. The van der Waals surface area contributed by atoms with Crippen LogP contribution in [0, 0.1) is 0 Å². The molecule has 0 saturated carbocycles. The summed E-state index contributed by atoms with van der Waals surface area (Å²) in [5.41, 5.74) is 1.11. The minimum absolute atomic E-state index is 0.0492. The summed E-state index contributed by atoms with van der Waals surface area (Å²) in [5.74, 6) is 2.83. The van der Waals surface area contributed by atoms with Gasteiger partial charge in [-0.2, -0.15) is 0 Å². The molecule has 0 radical (unpaired) electrons. The number of carbonyl (C=O) groups is 1. The summed E-state index contributed by atoms with van der Waals surface area (Å²) in [4.78, 5) is 20.8. The monoisotopic (exact) mass is 435 g/mol. The minimum Gasteiger partial charge on any atom is -0.493 e. The molecule has 1 aromatic carbocycles. The van der Waals surface area contributed by atoms with Crippen molar-refractivity contribution >= 4 is 11.9 Å².